The smallest absolute Gasteiger partial charge is 0.319 e. The van der Waals surface area contributed by atoms with Gasteiger partial charge in [0.1, 0.15) is 0 Å². The van der Waals surface area contributed by atoms with Gasteiger partial charge < -0.3 is 15.5 Å². The van der Waals surface area contributed by atoms with Crippen molar-refractivity contribution in [1.82, 2.24) is 15.5 Å². The van der Waals surface area contributed by atoms with Crippen LogP contribution in [0.25, 0.3) is 0 Å². The van der Waals surface area contributed by atoms with Gasteiger partial charge in [-0.1, -0.05) is 0 Å². The third-order valence-electron chi connectivity index (χ3n) is 3.56. The van der Waals surface area contributed by atoms with Crippen LogP contribution >= 0.6 is 0 Å². The minimum Gasteiger partial charge on any atom is -0.336 e. The van der Waals surface area contributed by atoms with Gasteiger partial charge in [0, 0.05) is 19.2 Å². The average molecular weight is 288 g/mol. The van der Waals surface area contributed by atoms with Crippen molar-refractivity contribution in [2.75, 3.05) is 13.6 Å². The summed E-state index contributed by atoms with van der Waals surface area (Å²) in [6, 6.07) is 4.82. The number of urea groups is 1. The molecule has 0 aromatic heterocycles. The number of hydrogen-bond donors (Lipinski definition) is 2. The molecule has 2 aliphatic heterocycles. The number of benzene rings is 1. The molecular weight excluding hydrogens is 276 g/mol. The van der Waals surface area contributed by atoms with E-state index in [1.807, 2.05) is 0 Å². The highest BCUT2D eigenvalue weighted by molar-refractivity contribution is 6.01. The van der Waals surface area contributed by atoms with E-state index in [4.69, 9.17) is 0 Å². The predicted molar refractivity (Wildman–Crippen MR) is 72.2 cm³/mol. The SMILES string of the molecule is CN1CC2=C(C1=O)C(c1ccc([N+](=O)[O-])cc1)NC(=O)N2. The molecule has 3 amide bonds. The van der Waals surface area contributed by atoms with Crippen molar-refractivity contribution in [2.45, 2.75) is 6.04 Å². The van der Waals surface area contributed by atoms with Gasteiger partial charge in [0.25, 0.3) is 11.6 Å². The number of carbonyl (C=O) groups excluding carboxylic acids is 2. The molecule has 108 valence electrons. The molecule has 2 aliphatic rings. The molecule has 21 heavy (non-hydrogen) atoms. The van der Waals surface area contributed by atoms with Crippen molar-refractivity contribution >= 4 is 17.6 Å². The van der Waals surface area contributed by atoms with E-state index in [0.29, 0.717) is 23.4 Å². The molecule has 0 saturated carbocycles. The molecule has 1 aromatic rings. The molecule has 0 aliphatic carbocycles. The summed E-state index contributed by atoms with van der Waals surface area (Å²) < 4.78 is 0. The molecule has 0 saturated heterocycles. The zero-order chi connectivity index (χ0) is 15.1. The van der Waals surface area contributed by atoms with Crippen LogP contribution in [0.1, 0.15) is 11.6 Å². The minimum absolute atomic E-state index is 0.0388. The number of nitrogens with zero attached hydrogens (tertiary/aromatic N) is 2. The maximum Gasteiger partial charge on any atom is 0.319 e. The van der Waals surface area contributed by atoms with Gasteiger partial charge in [0.05, 0.1) is 28.8 Å². The van der Waals surface area contributed by atoms with Crippen LogP contribution < -0.4 is 10.6 Å². The Morgan fingerprint density at radius 2 is 1.95 bits per heavy atom. The molecule has 1 unspecified atom stereocenters. The van der Waals surface area contributed by atoms with Crippen molar-refractivity contribution in [2.24, 2.45) is 0 Å². The monoisotopic (exact) mass is 288 g/mol. The summed E-state index contributed by atoms with van der Waals surface area (Å²) in [5.74, 6) is -0.166. The molecule has 0 bridgehead atoms. The van der Waals surface area contributed by atoms with Crippen LogP contribution in [0.3, 0.4) is 0 Å². The Bertz CT molecular complexity index is 680. The quantitative estimate of drug-likeness (QED) is 0.616. The van der Waals surface area contributed by atoms with E-state index in [1.54, 1.807) is 19.2 Å². The molecule has 0 radical (unpaired) electrons. The van der Waals surface area contributed by atoms with Gasteiger partial charge in [0.2, 0.25) is 0 Å². The third-order valence-corrected chi connectivity index (χ3v) is 3.56. The standard InChI is InChI=1S/C13H12N4O4/c1-16-6-9-10(12(16)18)11(15-13(19)14-9)7-2-4-8(5-3-7)17(20)21/h2-5,11H,6H2,1H3,(H2,14,15,19). The fourth-order valence-electron chi connectivity index (χ4n) is 2.55. The van der Waals surface area contributed by atoms with Gasteiger partial charge in [-0.3, -0.25) is 14.9 Å². The molecule has 1 aromatic carbocycles. The molecule has 1 atom stereocenters. The molecule has 2 heterocycles. The lowest BCUT2D eigenvalue weighted by Crippen LogP contribution is -2.44. The maximum atomic E-state index is 12.2. The van der Waals surface area contributed by atoms with Crippen LogP contribution in [0, 0.1) is 10.1 Å². The first-order valence-corrected chi connectivity index (χ1v) is 6.27. The lowest BCUT2D eigenvalue weighted by Gasteiger charge is -2.25. The van der Waals surface area contributed by atoms with Crippen LogP contribution in [-0.4, -0.2) is 35.4 Å². The topological polar surface area (TPSA) is 105 Å². The van der Waals surface area contributed by atoms with Crippen molar-refractivity contribution in [3.05, 3.63) is 51.2 Å². The zero-order valence-corrected chi connectivity index (χ0v) is 11.1. The second kappa shape index (κ2) is 4.58. The van der Waals surface area contributed by atoms with Crippen LogP contribution in [-0.2, 0) is 4.79 Å². The number of amides is 3. The number of non-ortho nitro benzene ring substituents is 1. The van der Waals surface area contributed by atoms with E-state index in [9.17, 15) is 19.7 Å². The number of rotatable bonds is 2. The molecular formula is C13H12N4O4. The highest BCUT2D eigenvalue weighted by Gasteiger charge is 2.38. The largest absolute Gasteiger partial charge is 0.336 e. The van der Waals surface area contributed by atoms with Gasteiger partial charge >= 0.3 is 6.03 Å². The lowest BCUT2D eigenvalue weighted by atomic mass is 9.96. The number of likely N-dealkylation sites (N-methyl/N-ethyl adjacent to an activating group) is 1. The second-order valence-electron chi connectivity index (χ2n) is 4.93. The summed E-state index contributed by atoms with van der Waals surface area (Å²) in [6.07, 6.45) is 0. The highest BCUT2D eigenvalue weighted by atomic mass is 16.6. The van der Waals surface area contributed by atoms with E-state index >= 15 is 0 Å². The number of nitro benzene ring substituents is 1. The van der Waals surface area contributed by atoms with Gasteiger partial charge in [-0.25, -0.2) is 4.79 Å². The summed E-state index contributed by atoms with van der Waals surface area (Å²) in [5.41, 5.74) is 1.65. The highest BCUT2D eigenvalue weighted by Crippen LogP contribution is 2.32. The molecule has 8 nitrogen and oxygen atoms in total. The average Bonchev–Trinajstić information content (AvgIpc) is 2.73. The first kappa shape index (κ1) is 13.1. The van der Waals surface area contributed by atoms with E-state index < -0.39 is 11.0 Å². The Hall–Kier alpha value is -2.90. The normalized spacial score (nSPS) is 21.0. The zero-order valence-electron chi connectivity index (χ0n) is 11.1. The Kier molecular flexibility index (Phi) is 2.86. The maximum absolute atomic E-state index is 12.2. The Morgan fingerprint density at radius 1 is 1.29 bits per heavy atom. The van der Waals surface area contributed by atoms with E-state index in [-0.39, 0.29) is 17.6 Å². The second-order valence-corrected chi connectivity index (χ2v) is 4.93. The lowest BCUT2D eigenvalue weighted by molar-refractivity contribution is -0.384. The van der Waals surface area contributed by atoms with Gasteiger partial charge in [0.15, 0.2) is 0 Å². The van der Waals surface area contributed by atoms with Crippen molar-refractivity contribution < 1.29 is 14.5 Å². The summed E-state index contributed by atoms with van der Waals surface area (Å²) in [5, 5.41) is 16.0. The fraction of sp³-hybridized carbons (Fsp3) is 0.231. The Balaban J connectivity index is 2.00. The van der Waals surface area contributed by atoms with Crippen LogP contribution in [0.5, 0.6) is 0 Å². The number of nitrogens with one attached hydrogen (secondary N) is 2. The third kappa shape index (κ3) is 2.10. The van der Waals surface area contributed by atoms with Crippen molar-refractivity contribution in [3.63, 3.8) is 0 Å². The van der Waals surface area contributed by atoms with Crippen LogP contribution in [0.2, 0.25) is 0 Å². The van der Waals surface area contributed by atoms with Gasteiger partial charge in [-0.05, 0) is 17.7 Å². The first-order valence-electron chi connectivity index (χ1n) is 6.27. The minimum atomic E-state index is -0.591. The summed E-state index contributed by atoms with van der Waals surface area (Å²) in [7, 11) is 1.65. The van der Waals surface area contributed by atoms with Gasteiger partial charge in [-0.15, -0.1) is 0 Å². The summed E-state index contributed by atoms with van der Waals surface area (Å²) in [4.78, 5) is 35.5. The van der Waals surface area contributed by atoms with E-state index in [2.05, 4.69) is 10.6 Å². The molecule has 8 heteroatoms. The van der Waals surface area contributed by atoms with Crippen molar-refractivity contribution in [1.29, 1.82) is 0 Å². The van der Waals surface area contributed by atoms with Crippen LogP contribution in [0.15, 0.2) is 35.5 Å². The predicted octanol–water partition coefficient (Wildman–Crippen LogP) is 0.675. The molecule has 0 fully saturated rings. The number of nitro groups is 1. The molecule has 2 N–H and O–H groups in total. The summed E-state index contributed by atoms with van der Waals surface area (Å²) in [6.45, 7) is 0.352. The first-order chi connectivity index (χ1) is 9.97. The van der Waals surface area contributed by atoms with Crippen LogP contribution in [0.4, 0.5) is 10.5 Å². The summed E-state index contributed by atoms with van der Waals surface area (Å²) >= 11 is 0. The number of carbonyl (C=O) groups is 2. The van der Waals surface area contributed by atoms with Gasteiger partial charge in [-0.2, -0.15) is 0 Å². The molecule has 0 spiro atoms. The molecule has 3 rings (SSSR count). The van der Waals surface area contributed by atoms with E-state index in [1.165, 1.54) is 17.0 Å². The Morgan fingerprint density at radius 3 is 2.57 bits per heavy atom. The number of hydrogen-bond acceptors (Lipinski definition) is 4. The van der Waals surface area contributed by atoms with Crippen molar-refractivity contribution in [3.8, 4) is 0 Å². The van der Waals surface area contributed by atoms with E-state index in [0.717, 1.165) is 0 Å². The Labute approximate surface area is 119 Å². The fourth-order valence-corrected chi connectivity index (χ4v) is 2.55.